The van der Waals surface area contributed by atoms with Crippen molar-refractivity contribution < 1.29 is 4.42 Å². The number of furan rings is 1. The first-order chi connectivity index (χ1) is 33.7. The van der Waals surface area contributed by atoms with Gasteiger partial charge in [-0.1, -0.05) is 188 Å². The molecule has 3 heterocycles. The molecule has 5 heteroatoms. The van der Waals surface area contributed by atoms with Crippen LogP contribution in [0, 0.1) is 0 Å². The first-order valence-electron chi connectivity index (χ1n) is 23.0. The van der Waals surface area contributed by atoms with Crippen LogP contribution < -0.4 is 0 Å². The molecule has 0 amide bonds. The second-order valence-corrected chi connectivity index (χ2v) is 17.5. The van der Waals surface area contributed by atoms with Crippen LogP contribution in [0.3, 0.4) is 0 Å². The first kappa shape index (κ1) is 38.1. The van der Waals surface area contributed by atoms with E-state index < -0.39 is 0 Å². The highest BCUT2D eigenvalue weighted by atomic mass is 16.3. The molecular weight excluding hydrogens is 829 g/mol. The van der Waals surface area contributed by atoms with Crippen molar-refractivity contribution in [3.05, 3.63) is 231 Å². The zero-order valence-electron chi connectivity index (χ0n) is 36.6. The molecule has 0 aliphatic rings. The molecule has 0 aliphatic heterocycles. The van der Waals surface area contributed by atoms with Crippen LogP contribution in [0.1, 0.15) is 0 Å². The van der Waals surface area contributed by atoms with E-state index in [1.165, 1.54) is 37.8 Å². The Bertz CT molecular complexity index is 4320. The second kappa shape index (κ2) is 15.2. The Hall–Kier alpha value is -9.19. The Morgan fingerprint density at radius 3 is 1.76 bits per heavy atom. The first-order valence-corrected chi connectivity index (χ1v) is 23.0. The van der Waals surface area contributed by atoms with Crippen molar-refractivity contribution >= 4 is 76.1 Å². The number of benzene rings is 11. The van der Waals surface area contributed by atoms with Crippen molar-refractivity contribution in [2.24, 2.45) is 0 Å². The largest absolute Gasteiger partial charge is 0.455 e. The Morgan fingerprint density at radius 1 is 0.324 bits per heavy atom. The van der Waals surface area contributed by atoms with E-state index in [4.69, 9.17) is 19.4 Å². The van der Waals surface area contributed by atoms with Gasteiger partial charge in [-0.3, -0.25) is 0 Å². The average molecular weight is 867 g/mol. The quantitative estimate of drug-likeness (QED) is 0.167. The lowest BCUT2D eigenvalue weighted by atomic mass is 9.98. The summed E-state index contributed by atoms with van der Waals surface area (Å²) in [5.41, 5.74) is 11.9. The fourth-order valence-electron chi connectivity index (χ4n) is 10.4. The summed E-state index contributed by atoms with van der Waals surface area (Å²) in [5.74, 6) is 1.70. The van der Waals surface area contributed by atoms with Gasteiger partial charge in [0.25, 0.3) is 0 Å². The van der Waals surface area contributed by atoms with Gasteiger partial charge in [0.05, 0.1) is 16.6 Å². The van der Waals surface area contributed by atoms with Crippen LogP contribution >= 0.6 is 0 Å². The van der Waals surface area contributed by atoms with Crippen LogP contribution in [-0.2, 0) is 0 Å². The topological polar surface area (TPSA) is 56.7 Å². The van der Waals surface area contributed by atoms with E-state index in [2.05, 4.69) is 217 Å². The van der Waals surface area contributed by atoms with E-state index in [-0.39, 0.29) is 0 Å². The maximum absolute atomic E-state index is 6.98. The second-order valence-electron chi connectivity index (χ2n) is 17.5. The predicted octanol–water partition coefficient (Wildman–Crippen LogP) is 16.7. The van der Waals surface area contributed by atoms with Gasteiger partial charge < -0.3 is 8.98 Å². The summed E-state index contributed by atoms with van der Waals surface area (Å²) >= 11 is 0. The Kier molecular flexibility index (Phi) is 8.52. The Balaban J connectivity index is 1.04. The average Bonchev–Trinajstić information content (AvgIpc) is 3.97. The summed E-state index contributed by atoms with van der Waals surface area (Å²) in [6.45, 7) is 0. The zero-order chi connectivity index (χ0) is 44.7. The van der Waals surface area contributed by atoms with E-state index in [1.54, 1.807) is 0 Å². The monoisotopic (exact) mass is 866 g/mol. The third-order valence-corrected chi connectivity index (χ3v) is 13.6. The molecule has 0 fully saturated rings. The molecule has 0 N–H and O–H groups in total. The number of nitrogens with zero attached hydrogens (tertiary/aromatic N) is 4. The summed E-state index contributed by atoms with van der Waals surface area (Å²) in [6.07, 6.45) is 0. The Labute approximate surface area is 390 Å². The van der Waals surface area contributed by atoms with Crippen LogP contribution in [0.25, 0.3) is 138 Å². The fraction of sp³-hybridized carbons (Fsp3) is 0. The number of hydrogen-bond acceptors (Lipinski definition) is 4. The van der Waals surface area contributed by atoms with Crippen LogP contribution in [0.4, 0.5) is 0 Å². The Morgan fingerprint density at radius 2 is 0.941 bits per heavy atom. The van der Waals surface area contributed by atoms with Crippen LogP contribution in [-0.4, -0.2) is 19.5 Å². The van der Waals surface area contributed by atoms with Crippen molar-refractivity contribution in [2.45, 2.75) is 0 Å². The lowest BCUT2D eigenvalue weighted by molar-refractivity contribution is 0.670. The number of para-hydroxylation sites is 1. The normalized spacial score (nSPS) is 11.8. The molecular formula is C63H38N4O. The van der Waals surface area contributed by atoms with E-state index >= 15 is 0 Å². The zero-order valence-corrected chi connectivity index (χ0v) is 36.6. The maximum atomic E-state index is 6.98. The van der Waals surface area contributed by atoms with Crippen molar-refractivity contribution in [1.29, 1.82) is 0 Å². The van der Waals surface area contributed by atoms with Crippen molar-refractivity contribution in [1.82, 2.24) is 19.5 Å². The number of fused-ring (bicyclic) bond motifs is 11. The van der Waals surface area contributed by atoms with E-state index in [0.717, 1.165) is 82.9 Å². The van der Waals surface area contributed by atoms with Gasteiger partial charge in [0.2, 0.25) is 0 Å². The molecule has 14 aromatic rings. The third kappa shape index (κ3) is 6.06. The maximum Gasteiger partial charge on any atom is 0.167 e. The molecule has 0 aliphatic carbocycles. The SMILES string of the molecule is c1ccc(-c2cccc(-c3nc(-c4ccccc4-c4ccccc4)nc(-c4cc5ccc(-n6c7cc8ccccc8cc7c7ccc8ccccc8c76)cc5c5c4oc4ccccc45)n3)c2)cc1. The highest BCUT2D eigenvalue weighted by molar-refractivity contribution is 6.24. The van der Waals surface area contributed by atoms with Gasteiger partial charge in [-0.05, 0) is 91.6 Å². The van der Waals surface area contributed by atoms with Gasteiger partial charge in [0.15, 0.2) is 17.5 Å². The minimum absolute atomic E-state index is 0.536. The summed E-state index contributed by atoms with van der Waals surface area (Å²) < 4.78 is 9.43. The van der Waals surface area contributed by atoms with Crippen LogP contribution in [0.2, 0.25) is 0 Å². The standard InChI is InChI=1S/C63H38N4O/c1-3-16-39(17-4-1)42-23-15-24-46(34-42)61-64-62(51-27-12-11-25-48(51)40-18-5-2-6-19-40)66-63(65-61)55-36-45-30-32-47(38-53(45)58-52-28-13-14-29-57(52)68-60(55)58)67-56-37-44-22-8-7-21-43(44)35-54(56)50-33-31-41-20-9-10-26-49(41)59(50)67/h1-38H. The van der Waals surface area contributed by atoms with Crippen LogP contribution in [0.15, 0.2) is 235 Å². The van der Waals surface area contributed by atoms with Gasteiger partial charge >= 0.3 is 0 Å². The molecule has 3 aromatic heterocycles. The molecule has 316 valence electrons. The fourth-order valence-corrected chi connectivity index (χ4v) is 10.4. The van der Waals surface area contributed by atoms with E-state index in [0.29, 0.717) is 17.5 Å². The van der Waals surface area contributed by atoms with Crippen molar-refractivity contribution in [2.75, 3.05) is 0 Å². The molecule has 68 heavy (non-hydrogen) atoms. The highest BCUT2D eigenvalue weighted by Crippen LogP contribution is 2.44. The molecule has 0 atom stereocenters. The number of hydrogen-bond donors (Lipinski definition) is 0. The number of rotatable bonds is 6. The van der Waals surface area contributed by atoms with E-state index in [1.807, 2.05) is 18.2 Å². The smallest absolute Gasteiger partial charge is 0.167 e. The summed E-state index contributed by atoms with van der Waals surface area (Å²) in [6, 6.07) is 81.6. The lowest BCUT2D eigenvalue weighted by Crippen LogP contribution is -2.01. The van der Waals surface area contributed by atoms with Crippen LogP contribution in [0.5, 0.6) is 0 Å². The molecule has 0 bridgehead atoms. The molecule has 11 aromatic carbocycles. The van der Waals surface area contributed by atoms with E-state index in [9.17, 15) is 0 Å². The van der Waals surface area contributed by atoms with Gasteiger partial charge in [0.1, 0.15) is 11.2 Å². The minimum Gasteiger partial charge on any atom is -0.455 e. The summed E-state index contributed by atoms with van der Waals surface area (Å²) in [5, 5.41) is 11.5. The summed E-state index contributed by atoms with van der Waals surface area (Å²) in [4.78, 5) is 16.0. The van der Waals surface area contributed by atoms with Crippen molar-refractivity contribution in [3.8, 4) is 62.1 Å². The third-order valence-electron chi connectivity index (χ3n) is 13.6. The number of aromatic nitrogens is 4. The predicted molar refractivity (Wildman–Crippen MR) is 281 cm³/mol. The van der Waals surface area contributed by atoms with Crippen molar-refractivity contribution in [3.63, 3.8) is 0 Å². The lowest BCUT2D eigenvalue weighted by Gasteiger charge is -2.14. The van der Waals surface area contributed by atoms with Gasteiger partial charge in [0, 0.05) is 43.7 Å². The van der Waals surface area contributed by atoms with Gasteiger partial charge in [-0.2, -0.15) is 0 Å². The minimum atomic E-state index is 0.536. The molecule has 0 unspecified atom stereocenters. The van der Waals surface area contributed by atoms with Gasteiger partial charge in [-0.25, -0.2) is 15.0 Å². The van der Waals surface area contributed by atoms with Gasteiger partial charge in [-0.15, -0.1) is 0 Å². The highest BCUT2D eigenvalue weighted by Gasteiger charge is 2.23. The molecule has 0 saturated heterocycles. The molecule has 0 saturated carbocycles. The molecule has 14 rings (SSSR count). The molecule has 5 nitrogen and oxygen atoms in total. The summed E-state index contributed by atoms with van der Waals surface area (Å²) in [7, 11) is 0. The molecule has 0 radical (unpaired) electrons. The molecule has 0 spiro atoms.